The Morgan fingerprint density at radius 2 is 1.81 bits per heavy atom. The first-order valence-electron chi connectivity index (χ1n) is 9.90. The van der Waals surface area contributed by atoms with Crippen LogP contribution in [0.2, 0.25) is 0 Å². The fourth-order valence-electron chi connectivity index (χ4n) is 6.59. The van der Waals surface area contributed by atoms with Crippen LogP contribution in [0.5, 0.6) is 0 Å². The van der Waals surface area contributed by atoms with Crippen molar-refractivity contribution in [3.8, 4) is 6.07 Å². The van der Waals surface area contributed by atoms with Gasteiger partial charge in [-0.2, -0.15) is 5.26 Å². The number of esters is 1. The number of hydrogen-bond acceptors (Lipinski definition) is 4. The molecule has 0 aromatic carbocycles. The third-order valence-corrected chi connectivity index (χ3v) is 7.97. The summed E-state index contributed by atoms with van der Waals surface area (Å²) in [6.07, 6.45) is 10.8. The molecule has 0 aromatic heterocycles. The van der Waals surface area contributed by atoms with Crippen molar-refractivity contribution >= 4 is 27.8 Å². The summed E-state index contributed by atoms with van der Waals surface area (Å²) in [7, 11) is 0. The molecule has 0 saturated heterocycles. The Balaban J connectivity index is 1.29. The van der Waals surface area contributed by atoms with Crippen molar-refractivity contribution in [1.82, 2.24) is 5.32 Å². The maximum Gasteiger partial charge on any atom is 0.306 e. The molecule has 0 aromatic rings. The van der Waals surface area contributed by atoms with Gasteiger partial charge in [0, 0.05) is 4.32 Å². The van der Waals surface area contributed by atoms with Crippen LogP contribution in [-0.4, -0.2) is 28.3 Å². The van der Waals surface area contributed by atoms with Gasteiger partial charge in [0.1, 0.15) is 5.54 Å². The summed E-state index contributed by atoms with van der Waals surface area (Å²) >= 11 is 3.96. The number of nitrogens with zero attached hydrogens (tertiary/aromatic N) is 1. The molecule has 5 nitrogen and oxygen atoms in total. The van der Waals surface area contributed by atoms with Crippen molar-refractivity contribution < 1.29 is 14.3 Å². The Morgan fingerprint density at radius 3 is 2.38 bits per heavy atom. The lowest BCUT2D eigenvalue weighted by Gasteiger charge is -2.60. The molecule has 142 valence electrons. The average Bonchev–Trinajstić information content (AvgIpc) is 2.99. The van der Waals surface area contributed by atoms with Gasteiger partial charge in [-0.05, 0) is 81.5 Å². The van der Waals surface area contributed by atoms with Gasteiger partial charge < -0.3 is 10.1 Å². The molecule has 0 spiro atoms. The largest absolute Gasteiger partial charge is 0.456 e. The molecule has 0 aliphatic heterocycles. The van der Waals surface area contributed by atoms with Gasteiger partial charge in [-0.15, -0.1) is 0 Å². The Bertz CT molecular complexity index is 636. The number of nitrogens with one attached hydrogen (secondary N) is 1. The van der Waals surface area contributed by atoms with Gasteiger partial charge in [-0.25, -0.2) is 0 Å². The van der Waals surface area contributed by atoms with E-state index in [0.29, 0.717) is 19.3 Å². The second kappa shape index (κ2) is 6.51. The van der Waals surface area contributed by atoms with Crippen LogP contribution in [0.1, 0.15) is 70.6 Å². The Kier molecular flexibility index (Phi) is 4.58. The number of halogens is 1. The van der Waals surface area contributed by atoms with Gasteiger partial charge in [-0.3, -0.25) is 9.59 Å². The molecule has 5 rings (SSSR count). The quantitative estimate of drug-likeness (QED) is 0.541. The summed E-state index contributed by atoms with van der Waals surface area (Å²) in [6.45, 7) is -0.273. The van der Waals surface area contributed by atoms with E-state index in [9.17, 15) is 14.9 Å². The molecule has 26 heavy (non-hydrogen) atoms. The molecule has 1 amide bonds. The highest BCUT2D eigenvalue weighted by Crippen LogP contribution is 2.65. The lowest BCUT2D eigenvalue weighted by atomic mass is 9.49. The summed E-state index contributed by atoms with van der Waals surface area (Å²) in [5, 5.41) is 12.1. The van der Waals surface area contributed by atoms with E-state index in [0.717, 1.165) is 43.9 Å². The second-order valence-electron chi connectivity index (χ2n) is 9.40. The van der Waals surface area contributed by atoms with Crippen LogP contribution in [0.25, 0.3) is 0 Å². The number of ether oxygens (including phenoxy) is 1. The minimum absolute atomic E-state index is 0.0560. The first-order valence-corrected chi connectivity index (χ1v) is 10.7. The second-order valence-corrected chi connectivity index (χ2v) is 11.1. The summed E-state index contributed by atoms with van der Waals surface area (Å²) in [5.74, 6) is 0.828. The number of amides is 1. The molecular weight excluding hydrogens is 396 g/mol. The molecule has 0 heterocycles. The average molecular weight is 423 g/mol. The first-order chi connectivity index (χ1) is 12.3. The van der Waals surface area contributed by atoms with Crippen molar-refractivity contribution in [2.24, 2.45) is 17.3 Å². The van der Waals surface area contributed by atoms with Crippen LogP contribution in [0.3, 0.4) is 0 Å². The van der Waals surface area contributed by atoms with Crippen LogP contribution >= 0.6 is 15.9 Å². The summed E-state index contributed by atoms with van der Waals surface area (Å²) < 4.78 is 5.52. The van der Waals surface area contributed by atoms with E-state index in [4.69, 9.17) is 4.74 Å². The highest BCUT2D eigenvalue weighted by Gasteiger charge is 2.57. The van der Waals surface area contributed by atoms with Gasteiger partial charge in [-0.1, -0.05) is 15.9 Å². The highest BCUT2D eigenvalue weighted by molar-refractivity contribution is 9.10. The van der Waals surface area contributed by atoms with E-state index >= 15 is 0 Å². The van der Waals surface area contributed by atoms with Gasteiger partial charge in [0.25, 0.3) is 5.91 Å². The maximum atomic E-state index is 12.4. The molecule has 5 aliphatic rings. The maximum absolute atomic E-state index is 12.4. The number of rotatable bonds is 5. The minimum atomic E-state index is -0.758. The van der Waals surface area contributed by atoms with Gasteiger partial charge >= 0.3 is 5.97 Å². The third kappa shape index (κ3) is 3.52. The van der Waals surface area contributed by atoms with Crippen LogP contribution < -0.4 is 5.32 Å². The molecule has 6 heteroatoms. The number of carbonyl (C=O) groups is 2. The van der Waals surface area contributed by atoms with Crippen molar-refractivity contribution in [3.05, 3.63) is 0 Å². The zero-order valence-corrected chi connectivity index (χ0v) is 16.8. The Morgan fingerprint density at radius 1 is 1.15 bits per heavy atom. The molecular formula is C20H27BrN2O3. The topological polar surface area (TPSA) is 79.2 Å². The van der Waals surface area contributed by atoms with Gasteiger partial charge in [0.2, 0.25) is 0 Å². The van der Waals surface area contributed by atoms with Crippen LogP contribution in [0.4, 0.5) is 0 Å². The molecule has 1 N–H and O–H groups in total. The van der Waals surface area contributed by atoms with E-state index in [1.165, 1.54) is 19.3 Å². The fourth-order valence-corrected chi connectivity index (χ4v) is 8.10. The zero-order valence-electron chi connectivity index (χ0n) is 15.2. The van der Waals surface area contributed by atoms with E-state index in [1.54, 1.807) is 0 Å². The Labute approximate surface area is 163 Å². The minimum Gasteiger partial charge on any atom is -0.456 e. The summed E-state index contributed by atoms with van der Waals surface area (Å²) in [4.78, 5) is 24.6. The molecule has 2 unspecified atom stereocenters. The molecule has 5 saturated carbocycles. The normalized spacial score (nSPS) is 39.4. The van der Waals surface area contributed by atoms with E-state index in [-0.39, 0.29) is 28.2 Å². The standard InChI is InChI=1S/C20H27BrN2O3/c21-19-8-14-5-15(9-19)7-18(6-14,12-19)10-17(25)26-11-16(24)23-20(13-22)3-1-2-4-20/h14-15H,1-12H2,(H,23,24)/t14-,15+,18?,19?. The molecule has 4 bridgehead atoms. The fraction of sp³-hybridized carbons (Fsp3) is 0.850. The van der Waals surface area contributed by atoms with Crippen molar-refractivity contribution in [3.63, 3.8) is 0 Å². The summed E-state index contributed by atoms with van der Waals surface area (Å²) in [5.41, 5.74) is -0.702. The van der Waals surface area contributed by atoms with Gasteiger partial charge in [0.05, 0.1) is 12.5 Å². The SMILES string of the molecule is N#CC1(NC(=O)COC(=O)CC23C[C@@H]4C[C@@H](CC(Br)(C4)C2)C3)CCCC1. The Hall–Kier alpha value is -1.09. The number of hydrogen-bond donors (Lipinski definition) is 1. The molecule has 5 aliphatic carbocycles. The summed E-state index contributed by atoms with van der Waals surface area (Å²) in [6, 6.07) is 2.23. The van der Waals surface area contributed by atoms with E-state index in [2.05, 4.69) is 27.3 Å². The number of carbonyl (C=O) groups excluding carboxylic acids is 2. The van der Waals surface area contributed by atoms with Crippen LogP contribution in [-0.2, 0) is 14.3 Å². The van der Waals surface area contributed by atoms with E-state index < -0.39 is 5.54 Å². The van der Waals surface area contributed by atoms with Crippen molar-refractivity contribution in [2.75, 3.05) is 6.61 Å². The third-order valence-electron chi connectivity index (χ3n) is 7.04. The molecule has 0 radical (unpaired) electrons. The highest BCUT2D eigenvalue weighted by atomic mass is 79.9. The van der Waals surface area contributed by atoms with E-state index in [1.807, 2.05) is 0 Å². The number of alkyl halides is 1. The first kappa shape index (κ1) is 18.3. The predicted octanol–water partition coefficient (Wildman–Crippen LogP) is 3.61. The smallest absolute Gasteiger partial charge is 0.306 e. The zero-order chi connectivity index (χ0) is 18.4. The lowest BCUT2D eigenvalue weighted by molar-refractivity contribution is -0.155. The lowest BCUT2D eigenvalue weighted by Crippen LogP contribution is -2.53. The van der Waals surface area contributed by atoms with Crippen LogP contribution in [0.15, 0.2) is 0 Å². The monoisotopic (exact) mass is 422 g/mol. The molecule has 5 fully saturated rings. The number of nitriles is 1. The molecule has 4 atom stereocenters. The van der Waals surface area contributed by atoms with Crippen molar-refractivity contribution in [1.29, 1.82) is 5.26 Å². The van der Waals surface area contributed by atoms with Crippen molar-refractivity contribution in [2.45, 2.75) is 80.5 Å². The van der Waals surface area contributed by atoms with Crippen LogP contribution in [0, 0.1) is 28.6 Å². The van der Waals surface area contributed by atoms with Gasteiger partial charge in [0.15, 0.2) is 6.61 Å². The predicted molar refractivity (Wildman–Crippen MR) is 99.3 cm³/mol.